The van der Waals surface area contributed by atoms with Crippen LogP contribution in [0.15, 0.2) is 30.5 Å². The molecule has 1 heterocycles. The Morgan fingerprint density at radius 2 is 1.95 bits per heavy atom. The summed E-state index contributed by atoms with van der Waals surface area (Å²) in [6.07, 6.45) is -3.00. The van der Waals surface area contributed by atoms with Crippen LogP contribution in [0.25, 0.3) is 11.3 Å². The van der Waals surface area contributed by atoms with E-state index in [2.05, 4.69) is 9.97 Å². The van der Waals surface area contributed by atoms with Crippen LogP contribution in [0.5, 0.6) is 5.75 Å². The van der Waals surface area contributed by atoms with E-state index in [-0.39, 0.29) is 11.0 Å². The number of rotatable bonds is 2. The molecular weight excluding hydrogens is 281 g/mol. The van der Waals surface area contributed by atoms with Gasteiger partial charge in [0.2, 0.25) is 5.28 Å². The summed E-state index contributed by atoms with van der Waals surface area (Å²) in [5.74, 6) is 0.0737. The SMILES string of the molecule is COc1cc(C(F)(F)F)ccc1-c1ccnc(Cl)n1. The van der Waals surface area contributed by atoms with E-state index in [0.717, 1.165) is 12.1 Å². The van der Waals surface area contributed by atoms with Crippen LogP contribution in [-0.2, 0) is 6.18 Å². The molecule has 2 aromatic rings. The van der Waals surface area contributed by atoms with Crippen LogP contribution < -0.4 is 4.74 Å². The highest BCUT2D eigenvalue weighted by atomic mass is 35.5. The van der Waals surface area contributed by atoms with Crippen LogP contribution in [0.4, 0.5) is 13.2 Å². The number of halogens is 4. The summed E-state index contributed by atoms with van der Waals surface area (Å²) in [4.78, 5) is 7.65. The van der Waals surface area contributed by atoms with Gasteiger partial charge in [0.05, 0.1) is 18.4 Å². The van der Waals surface area contributed by atoms with Gasteiger partial charge in [-0.2, -0.15) is 13.2 Å². The molecule has 0 aliphatic heterocycles. The Bertz CT molecular complexity index is 602. The fourth-order valence-electron chi connectivity index (χ4n) is 1.56. The van der Waals surface area contributed by atoms with Crippen LogP contribution in [0.2, 0.25) is 5.28 Å². The lowest BCUT2D eigenvalue weighted by atomic mass is 10.1. The lowest BCUT2D eigenvalue weighted by Gasteiger charge is -2.12. The van der Waals surface area contributed by atoms with Crippen LogP contribution in [-0.4, -0.2) is 17.1 Å². The van der Waals surface area contributed by atoms with Crippen molar-refractivity contribution in [3.8, 4) is 17.0 Å². The minimum Gasteiger partial charge on any atom is -0.496 e. The second-order valence-corrected chi connectivity index (χ2v) is 3.96. The zero-order valence-corrected chi connectivity index (χ0v) is 10.5. The van der Waals surface area contributed by atoms with Crippen molar-refractivity contribution in [1.29, 1.82) is 0 Å². The minimum absolute atomic E-state index is 0.0134. The zero-order valence-electron chi connectivity index (χ0n) is 9.70. The van der Waals surface area contributed by atoms with Gasteiger partial charge in [-0.25, -0.2) is 9.97 Å². The Kier molecular flexibility index (Phi) is 3.61. The molecule has 0 bridgehead atoms. The largest absolute Gasteiger partial charge is 0.496 e. The third kappa shape index (κ3) is 2.96. The molecule has 3 nitrogen and oxygen atoms in total. The van der Waals surface area contributed by atoms with Crippen molar-refractivity contribution in [3.63, 3.8) is 0 Å². The zero-order chi connectivity index (χ0) is 14.0. The smallest absolute Gasteiger partial charge is 0.416 e. The average molecular weight is 289 g/mol. The van der Waals surface area contributed by atoms with E-state index < -0.39 is 11.7 Å². The van der Waals surface area contributed by atoms with Gasteiger partial charge in [0, 0.05) is 11.8 Å². The summed E-state index contributed by atoms with van der Waals surface area (Å²) in [6.45, 7) is 0. The van der Waals surface area contributed by atoms with E-state index in [4.69, 9.17) is 16.3 Å². The molecule has 0 atom stereocenters. The summed E-state index contributed by atoms with van der Waals surface area (Å²) in [7, 11) is 1.29. The van der Waals surface area contributed by atoms with Gasteiger partial charge in [-0.3, -0.25) is 0 Å². The van der Waals surface area contributed by atoms with Crippen molar-refractivity contribution >= 4 is 11.6 Å². The lowest BCUT2D eigenvalue weighted by molar-refractivity contribution is -0.137. The molecule has 2 rings (SSSR count). The standard InChI is InChI=1S/C12H8ClF3N2O/c1-19-10-6-7(12(14,15)16)2-3-8(10)9-4-5-17-11(13)18-9/h2-6H,1H3. The fraction of sp³-hybridized carbons (Fsp3) is 0.167. The summed E-state index contributed by atoms with van der Waals surface area (Å²) in [5, 5.41) is 0.0134. The second kappa shape index (κ2) is 5.05. The highest BCUT2D eigenvalue weighted by molar-refractivity contribution is 6.28. The quantitative estimate of drug-likeness (QED) is 0.788. The molecule has 19 heavy (non-hydrogen) atoms. The maximum Gasteiger partial charge on any atom is 0.416 e. The molecule has 1 aromatic carbocycles. The summed E-state index contributed by atoms with van der Waals surface area (Å²) < 4.78 is 42.8. The van der Waals surface area contributed by atoms with Crippen molar-refractivity contribution in [2.45, 2.75) is 6.18 Å². The third-order valence-electron chi connectivity index (χ3n) is 2.43. The lowest BCUT2D eigenvalue weighted by Crippen LogP contribution is -2.05. The number of hydrogen-bond donors (Lipinski definition) is 0. The molecule has 0 aliphatic carbocycles. The highest BCUT2D eigenvalue weighted by Gasteiger charge is 2.31. The van der Waals surface area contributed by atoms with Gasteiger partial charge in [0.1, 0.15) is 5.75 Å². The van der Waals surface area contributed by atoms with Crippen molar-refractivity contribution in [2.75, 3.05) is 7.11 Å². The number of ether oxygens (including phenoxy) is 1. The first-order chi connectivity index (χ1) is 8.91. The van der Waals surface area contributed by atoms with Crippen molar-refractivity contribution in [2.24, 2.45) is 0 Å². The Balaban J connectivity index is 2.53. The minimum atomic E-state index is -4.42. The number of methoxy groups -OCH3 is 1. The van der Waals surface area contributed by atoms with Crippen LogP contribution >= 0.6 is 11.6 Å². The first kappa shape index (κ1) is 13.6. The Labute approximate surface area is 112 Å². The topological polar surface area (TPSA) is 35.0 Å². The molecule has 0 saturated carbocycles. The number of aromatic nitrogens is 2. The molecule has 0 fully saturated rings. The van der Waals surface area contributed by atoms with Crippen molar-refractivity contribution in [1.82, 2.24) is 9.97 Å². The molecular formula is C12H8ClF3N2O. The molecule has 0 spiro atoms. The van der Waals surface area contributed by atoms with Crippen LogP contribution in [0, 0.1) is 0 Å². The first-order valence-corrected chi connectivity index (χ1v) is 5.54. The van der Waals surface area contributed by atoms with Gasteiger partial charge in [0.15, 0.2) is 0 Å². The predicted molar refractivity (Wildman–Crippen MR) is 64.0 cm³/mol. The number of benzene rings is 1. The molecule has 0 aliphatic rings. The normalized spacial score (nSPS) is 11.4. The summed E-state index contributed by atoms with van der Waals surface area (Å²) in [6, 6.07) is 4.72. The average Bonchev–Trinajstić information content (AvgIpc) is 2.37. The maximum absolute atomic E-state index is 12.6. The van der Waals surface area contributed by atoms with E-state index in [0.29, 0.717) is 11.3 Å². The molecule has 7 heteroatoms. The van der Waals surface area contributed by atoms with Crippen molar-refractivity contribution in [3.05, 3.63) is 41.3 Å². The van der Waals surface area contributed by atoms with Gasteiger partial charge in [-0.15, -0.1) is 0 Å². The van der Waals surface area contributed by atoms with E-state index in [9.17, 15) is 13.2 Å². The Hall–Kier alpha value is -1.82. The predicted octanol–water partition coefficient (Wildman–Crippen LogP) is 3.82. The monoisotopic (exact) mass is 288 g/mol. The Morgan fingerprint density at radius 3 is 2.53 bits per heavy atom. The maximum atomic E-state index is 12.6. The van der Waals surface area contributed by atoms with Gasteiger partial charge in [-0.05, 0) is 35.9 Å². The molecule has 0 amide bonds. The van der Waals surface area contributed by atoms with Gasteiger partial charge >= 0.3 is 6.18 Å². The number of alkyl halides is 3. The molecule has 0 N–H and O–H groups in total. The van der Waals surface area contributed by atoms with Gasteiger partial charge in [-0.1, -0.05) is 0 Å². The van der Waals surface area contributed by atoms with Crippen molar-refractivity contribution < 1.29 is 17.9 Å². The highest BCUT2D eigenvalue weighted by Crippen LogP contribution is 2.36. The second-order valence-electron chi connectivity index (χ2n) is 3.62. The van der Waals surface area contributed by atoms with E-state index in [1.165, 1.54) is 25.4 Å². The van der Waals surface area contributed by atoms with E-state index >= 15 is 0 Å². The summed E-state index contributed by atoms with van der Waals surface area (Å²) >= 11 is 5.65. The molecule has 0 radical (unpaired) electrons. The number of nitrogens with zero attached hydrogens (tertiary/aromatic N) is 2. The van der Waals surface area contributed by atoms with Crippen LogP contribution in [0.1, 0.15) is 5.56 Å². The fourth-order valence-corrected chi connectivity index (χ4v) is 1.71. The third-order valence-corrected chi connectivity index (χ3v) is 2.61. The summed E-state index contributed by atoms with van der Waals surface area (Å²) in [5.41, 5.74) is 0.0265. The molecule has 100 valence electrons. The first-order valence-electron chi connectivity index (χ1n) is 5.16. The van der Waals surface area contributed by atoms with E-state index in [1.807, 2.05) is 0 Å². The van der Waals surface area contributed by atoms with Gasteiger partial charge < -0.3 is 4.74 Å². The molecule has 0 unspecified atom stereocenters. The van der Waals surface area contributed by atoms with E-state index in [1.54, 1.807) is 0 Å². The van der Waals surface area contributed by atoms with Gasteiger partial charge in [0.25, 0.3) is 0 Å². The molecule has 0 saturated heterocycles. The van der Waals surface area contributed by atoms with Crippen LogP contribution in [0.3, 0.4) is 0 Å². The Morgan fingerprint density at radius 1 is 1.21 bits per heavy atom. The number of hydrogen-bond acceptors (Lipinski definition) is 3. The molecule has 1 aromatic heterocycles.